The minimum atomic E-state index is -3.83. The summed E-state index contributed by atoms with van der Waals surface area (Å²) in [5, 5.41) is 2.23. The number of halogens is 1. The van der Waals surface area contributed by atoms with Gasteiger partial charge in [-0.05, 0) is 30.3 Å². The average Bonchev–Trinajstić information content (AvgIpc) is 3.14. The van der Waals surface area contributed by atoms with Crippen molar-refractivity contribution in [1.29, 1.82) is 0 Å². The van der Waals surface area contributed by atoms with E-state index in [0.29, 0.717) is 0 Å². The van der Waals surface area contributed by atoms with Crippen molar-refractivity contribution in [2.75, 3.05) is 13.2 Å². The Morgan fingerprint density at radius 3 is 2.59 bits per heavy atom. The zero-order valence-electron chi connectivity index (χ0n) is 13.8. The van der Waals surface area contributed by atoms with Crippen molar-refractivity contribution in [3.05, 3.63) is 53.4 Å². The van der Waals surface area contributed by atoms with Crippen LogP contribution in [0.1, 0.15) is 17.0 Å². The summed E-state index contributed by atoms with van der Waals surface area (Å²) in [4.78, 5) is 34.6. The summed E-state index contributed by atoms with van der Waals surface area (Å²) in [5.41, 5.74) is 0. The number of amides is 2. The van der Waals surface area contributed by atoms with Gasteiger partial charge in [0.25, 0.3) is 11.8 Å². The summed E-state index contributed by atoms with van der Waals surface area (Å²) < 4.78 is 35.8. The predicted octanol–water partition coefficient (Wildman–Crippen LogP) is 1.10. The molecule has 2 amide bonds. The molecule has 0 spiro atoms. The Labute approximate surface area is 159 Å². The maximum atomic E-state index is 12.0. The van der Waals surface area contributed by atoms with Crippen LogP contribution >= 0.6 is 11.6 Å². The van der Waals surface area contributed by atoms with Crippen molar-refractivity contribution in [3.63, 3.8) is 0 Å². The molecule has 0 aliphatic carbocycles. The number of rotatable bonds is 8. The van der Waals surface area contributed by atoms with Crippen LogP contribution in [0.4, 0.5) is 0 Å². The average molecular weight is 415 g/mol. The van der Waals surface area contributed by atoms with Crippen LogP contribution in [0, 0.1) is 0 Å². The molecular weight excluding hydrogens is 400 g/mol. The number of nitrogens with one attached hydrogen (secondary N) is 2. The van der Waals surface area contributed by atoms with Crippen molar-refractivity contribution in [3.8, 4) is 0 Å². The van der Waals surface area contributed by atoms with E-state index in [-0.39, 0.29) is 28.6 Å². The lowest BCUT2D eigenvalue weighted by molar-refractivity contribution is -0.148. The summed E-state index contributed by atoms with van der Waals surface area (Å²) in [6.07, 6.45) is 0.961. The lowest BCUT2D eigenvalue weighted by Crippen LogP contribution is -2.34. The number of hydrogen-bond donors (Lipinski definition) is 2. The molecule has 0 atom stereocenters. The molecule has 0 saturated heterocycles. The third-order valence-electron chi connectivity index (χ3n) is 3.09. The molecule has 11 heteroatoms. The molecule has 2 N–H and O–H groups in total. The molecule has 1 aromatic carbocycles. The standard InChI is InChI=1S/C16H15ClN2O7S/c17-11-3-1-4-12(9-11)27(23,24)18-7-6-15(21)26-10-14(20)19-16(22)13-5-2-8-25-13/h1-5,8-9,18H,6-7,10H2,(H,19,20,22). The van der Waals surface area contributed by atoms with Crippen molar-refractivity contribution in [1.82, 2.24) is 10.0 Å². The van der Waals surface area contributed by atoms with E-state index in [0.717, 1.165) is 0 Å². The maximum absolute atomic E-state index is 12.0. The second kappa shape index (κ2) is 9.31. The van der Waals surface area contributed by atoms with Gasteiger partial charge in [-0.15, -0.1) is 0 Å². The number of ether oxygens (including phenoxy) is 1. The van der Waals surface area contributed by atoms with Gasteiger partial charge in [0.2, 0.25) is 10.0 Å². The van der Waals surface area contributed by atoms with E-state index in [1.807, 2.05) is 5.32 Å². The Morgan fingerprint density at radius 2 is 1.93 bits per heavy atom. The SMILES string of the molecule is O=C(COC(=O)CCNS(=O)(=O)c1cccc(Cl)c1)NC(=O)c1ccco1. The third kappa shape index (κ3) is 6.51. The van der Waals surface area contributed by atoms with Crippen LogP contribution in [0.2, 0.25) is 5.02 Å². The fraction of sp³-hybridized carbons (Fsp3) is 0.188. The van der Waals surface area contributed by atoms with Crippen LogP contribution < -0.4 is 10.0 Å². The zero-order chi connectivity index (χ0) is 19.9. The molecule has 0 saturated carbocycles. The Bertz CT molecular complexity index is 926. The smallest absolute Gasteiger partial charge is 0.307 e. The maximum Gasteiger partial charge on any atom is 0.307 e. The highest BCUT2D eigenvalue weighted by Crippen LogP contribution is 2.15. The molecule has 9 nitrogen and oxygen atoms in total. The summed E-state index contributed by atoms with van der Waals surface area (Å²) in [5.74, 6) is -2.49. The van der Waals surface area contributed by atoms with Crippen molar-refractivity contribution >= 4 is 39.4 Å². The molecule has 2 aromatic rings. The topological polar surface area (TPSA) is 132 Å². The third-order valence-corrected chi connectivity index (χ3v) is 4.78. The minimum absolute atomic E-state index is 0.0424. The lowest BCUT2D eigenvalue weighted by Gasteiger charge is -2.07. The number of carbonyl (C=O) groups is 3. The Kier molecular flexibility index (Phi) is 7.11. The molecule has 1 heterocycles. The first-order chi connectivity index (χ1) is 12.8. The second-order valence-corrected chi connectivity index (χ2v) is 7.32. The van der Waals surface area contributed by atoms with Crippen molar-refractivity contribution < 1.29 is 32.0 Å². The van der Waals surface area contributed by atoms with E-state index < -0.39 is 34.4 Å². The Hall–Kier alpha value is -2.69. The predicted molar refractivity (Wildman–Crippen MR) is 93.4 cm³/mol. The van der Waals surface area contributed by atoms with E-state index in [2.05, 4.69) is 9.46 Å². The molecule has 144 valence electrons. The highest BCUT2D eigenvalue weighted by Gasteiger charge is 2.16. The van der Waals surface area contributed by atoms with Crippen LogP contribution in [-0.2, 0) is 24.3 Å². The first-order valence-electron chi connectivity index (χ1n) is 7.56. The quantitative estimate of drug-likeness (QED) is 0.618. The number of esters is 1. The van der Waals surface area contributed by atoms with Gasteiger partial charge < -0.3 is 9.15 Å². The molecule has 0 aliphatic heterocycles. The normalized spacial score (nSPS) is 11.0. The van der Waals surface area contributed by atoms with Gasteiger partial charge in [0.15, 0.2) is 12.4 Å². The summed E-state index contributed by atoms with van der Waals surface area (Å²) >= 11 is 5.74. The highest BCUT2D eigenvalue weighted by molar-refractivity contribution is 7.89. The number of imide groups is 1. The summed E-state index contributed by atoms with van der Waals surface area (Å²) in [6.45, 7) is -0.924. The lowest BCUT2D eigenvalue weighted by atomic mass is 10.4. The molecule has 0 fully saturated rings. The van der Waals surface area contributed by atoms with Gasteiger partial charge >= 0.3 is 5.97 Å². The van der Waals surface area contributed by atoms with Crippen LogP contribution in [0.5, 0.6) is 0 Å². The number of furan rings is 1. The van der Waals surface area contributed by atoms with E-state index in [1.54, 1.807) is 0 Å². The zero-order valence-corrected chi connectivity index (χ0v) is 15.4. The first-order valence-corrected chi connectivity index (χ1v) is 9.42. The Balaban J connectivity index is 1.71. The molecule has 0 bridgehead atoms. The van der Waals surface area contributed by atoms with Gasteiger partial charge in [0.1, 0.15) is 0 Å². The van der Waals surface area contributed by atoms with Crippen molar-refractivity contribution in [2.24, 2.45) is 0 Å². The summed E-state index contributed by atoms with van der Waals surface area (Å²) in [6, 6.07) is 8.47. The van der Waals surface area contributed by atoms with Crippen LogP contribution in [0.3, 0.4) is 0 Å². The molecule has 0 radical (unpaired) electrons. The number of carbonyl (C=O) groups excluding carboxylic acids is 3. The van der Waals surface area contributed by atoms with Gasteiger partial charge in [0, 0.05) is 11.6 Å². The molecule has 0 aliphatic rings. The van der Waals surface area contributed by atoms with E-state index in [9.17, 15) is 22.8 Å². The Morgan fingerprint density at radius 1 is 1.15 bits per heavy atom. The number of benzene rings is 1. The van der Waals surface area contributed by atoms with E-state index >= 15 is 0 Å². The van der Waals surface area contributed by atoms with Gasteiger partial charge in [-0.25, -0.2) is 13.1 Å². The second-order valence-electron chi connectivity index (χ2n) is 5.12. The molecule has 0 unspecified atom stereocenters. The van der Waals surface area contributed by atoms with Crippen LogP contribution in [0.25, 0.3) is 0 Å². The highest BCUT2D eigenvalue weighted by atomic mass is 35.5. The largest absolute Gasteiger partial charge is 0.459 e. The van der Waals surface area contributed by atoms with Gasteiger partial charge in [0.05, 0.1) is 17.6 Å². The van der Waals surface area contributed by atoms with E-state index in [1.165, 1.54) is 42.7 Å². The first kappa shape index (κ1) is 20.6. The van der Waals surface area contributed by atoms with E-state index in [4.69, 9.17) is 16.0 Å². The van der Waals surface area contributed by atoms with Crippen molar-refractivity contribution in [2.45, 2.75) is 11.3 Å². The van der Waals surface area contributed by atoms with Gasteiger partial charge in [-0.2, -0.15) is 0 Å². The fourth-order valence-corrected chi connectivity index (χ4v) is 3.19. The molecule has 27 heavy (non-hydrogen) atoms. The number of sulfonamides is 1. The fourth-order valence-electron chi connectivity index (χ4n) is 1.86. The van der Waals surface area contributed by atoms with Crippen LogP contribution in [0.15, 0.2) is 52.0 Å². The molecule has 2 rings (SSSR count). The van der Waals surface area contributed by atoms with Gasteiger partial charge in [-0.1, -0.05) is 17.7 Å². The summed E-state index contributed by atoms with van der Waals surface area (Å²) in [7, 11) is -3.83. The molecular formula is C16H15ClN2O7S. The van der Waals surface area contributed by atoms with Gasteiger partial charge in [-0.3, -0.25) is 19.7 Å². The minimum Gasteiger partial charge on any atom is -0.459 e. The number of hydrogen-bond acceptors (Lipinski definition) is 7. The van der Waals surface area contributed by atoms with Crippen LogP contribution in [-0.4, -0.2) is 39.4 Å². The monoisotopic (exact) mass is 414 g/mol. The molecule has 1 aromatic heterocycles.